The molecule has 2 aliphatic heterocycles. The molecule has 0 spiro atoms. The van der Waals surface area contributed by atoms with Gasteiger partial charge < -0.3 is 15.2 Å². The lowest BCUT2D eigenvalue weighted by atomic mass is 10.4. The molecule has 0 aromatic rings. The average Bonchev–Trinajstić information content (AvgIpc) is 2.58. The average molecular weight is 183 g/mol. The normalized spacial score (nSPS) is 19.4. The Morgan fingerprint density at radius 2 is 2.38 bits per heavy atom. The number of allylic oxidation sites excluding steroid dienone is 1. The quantitative estimate of drug-likeness (QED) is 0.585. The van der Waals surface area contributed by atoms with Crippen molar-refractivity contribution in [1.82, 2.24) is 5.32 Å². The first-order valence-corrected chi connectivity index (χ1v) is 4.23. The fourth-order valence-electron chi connectivity index (χ4n) is 0.940. The topological polar surface area (TPSA) is 58.6 Å². The molecule has 0 aliphatic carbocycles. The number of rotatable bonds is 0. The van der Waals surface area contributed by atoms with Gasteiger partial charge in [0.2, 0.25) is 5.91 Å². The molecule has 0 unspecified atom stereocenters. The minimum absolute atomic E-state index is 0.204. The van der Waals surface area contributed by atoms with Gasteiger partial charge in [0.25, 0.3) is 0 Å². The maximum Gasteiger partial charge on any atom is 0.220 e. The number of carbonyl (C=O) groups excluding carboxylic acids is 1. The van der Waals surface area contributed by atoms with Gasteiger partial charge in [0.05, 0.1) is 6.26 Å². The van der Waals surface area contributed by atoms with E-state index in [1.54, 1.807) is 6.08 Å². The third-order valence-corrected chi connectivity index (χ3v) is 1.63. The lowest BCUT2D eigenvalue weighted by Gasteiger charge is -1.99. The van der Waals surface area contributed by atoms with Crippen molar-refractivity contribution in [2.24, 2.45) is 0 Å². The van der Waals surface area contributed by atoms with Crippen LogP contribution in [0.25, 0.3) is 0 Å². The third kappa shape index (κ3) is 4.20. The zero-order valence-corrected chi connectivity index (χ0v) is 7.32. The Morgan fingerprint density at radius 3 is 2.62 bits per heavy atom. The van der Waals surface area contributed by atoms with Crippen LogP contribution in [0.3, 0.4) is 0 Å². The molecule has 1 amide bonds. The van der Waals surface area contributed by atoms with Crippen molar-refractivity contribution in [3.8, 4) is 0 Å². The van der Waals surface area contributed by atoms with Gasteiger partial charge in [-0.2, -0.15) is 0 Å². The van der Waals surface area contributed by atoms with E-state index >= 15 is 0 Å². The number of aliphatic hydroxyl groups excluding tert-OH is 1. The lowest BCUT2D eigenvalue weighted by molar-refractivity contribution is -0.119. The molecule has 0 aromatic carbocycles. The zero-order valence-electron chi connectivity index (χ0n) is 7.32. The summed E-state index contributed by atoms with van der Waals surface area (Å²) in [4.78, 5) is 10.1. The van der Waals surface area contributed by atoms with Gasteiger partial charge in [-0.25, -0.2) is 0 Å². The maximum absolute atomic E-state index is 10.1. The summed E-state index contributed by atoms with van der Waals surface area (Å²) in [5.41, 5.74) is 0. The van der Waals surface area contributed by atoms with Gasteiger partial charge in [-0.3, -0.25) is 4.79 Å². The number of carbonyl (C=O) groups is 1. The largest absolute Gasteiger partial charge is 0.508 e. The first-order valence-electron chi connectivity index (χ1n) is 4.23. The van der Waals surface area contributed by atoms with Gasteiger partial charge in [0.1, 0.15) is 12.4 Å². The molecule has 13 heavy (non-hydrogen) atoms. The summed E-state index contributed by atoms with van der Waals surface area (Å²) < 4.78 is 4.72. The SMILES string of the molecule is O=C1CCCN1.OC1=CCOC=C1. The predicted octanol–water partition coefficient (Wildman–Crippen LogP) is 0.869. The third-order valence-electron chi connectivity index (χ3n) is 1.63. The zero-order chi connectivity index (χ0) is 9.52. The molecule has 0 aromatic heterocycles. The van der Waals surface area contributed by atoms with Crippen LogP contribution in [-0.4, -0.2) is 24.2 Å². The summed E-state index contributed by atoms with van der Waals surface area (Å²) >= 11 is 0. The Morgan fingerprint density at radius 1 is 1.54 bits per heavy atom. The van der Waals surface area contributed by atoms with Crippen molar-refractivity contribution < 1.29 is 14.6 Å². The molecule has 2 aliphatic rings. The lowest BCUT2D eigenvalue weighted by Crippen LogP contribution is -2.12. The minimum atomic E-state index is 0.204. The highest BCUT2D eigenvalue weighted by Crippen LogP contribution is 1.96. The Balaban J connectivity index is 0.000000132. The van der Waals surface area contributed by atoms with Crippen molar-refractivity contribution in [3.05, 3.63) is 24.2 Å². The first-order chi connectivity index (χ1) is 6.29. The van der Waals surface area contributed by atoms with Gasteiger partial charge >= 0.3 is 0 Å². The number of aliphatic hydroxyl groups is 1. The van der Waals surface area contributed by atoms with Gasteiger partial charge in [-0.15, -0.1) is 0 Å². The first kappa shape index (κ1) is 9.64. The molecule has 1 saturated heterocycles. The molecule has 1 fully saturated rings. The second kappa shape index (κ2) is 5.24. The van der Waals surface area contributed by atoms with Crippen LogP contribution in [0.2, 0.25) is 0 Å². The molecule has 4 heteroatoms. The molecule has 4 nitrogen and oxygen atoms in total. The number of hydrogen-bond donors (Lipinski definition) is 2. The number of ether oxygens (including phenoxy) is 1. The standard InChI is InChI=1S/C5H6O2.C4H7NO/c6-5-1-3-7-4-2-5;6-4-2-1-3-5-4/h1-3,6H,4H2;1-3H2,(H,5,6). The van der Waals surface area contributed by atoms with Crippen LogP contribution in [0.5, 0.6) is 0 Å². The summed E-state index contributed by atoms with van der Waals surface area (Å²) in [6.45, 7) is 1.38. The number of hydrogen-bond acceptors (Lipinski definition) is 3. The number of amides is 1. The van der Waals surface area contributed by atoms with E-state index in [2.05, 4.69) is 5.32 Å². The van der Waals surface area contributed by atoms with E-state index in [1.165, 1.54) is 12.3 Å². The van der Waals surface area contributed by atoms with E-state index in [0.717, 1.165) is 19.4 Å². The molecule has 2 rings (SSSR count). The van der Waals surface area contributed by atoms with E-state index in [1.807, 2.05) is 0 Å². The summed E-state index contributed by atoms with van der Waals surface area (Å²) in [5.74, 6) is 0.487. The molecule has 2 N–H and O–H groups in total. The van der Waals surface area contributed by atoms with Gasteiger partial charge in [0.15, 0.2) is 0 Å². The summed E-state index contributed by atoms with van der Waals surface area (Å²) in [7, 11) is 0. The highest BCUT2D eigenvalue weighted by molar-refractivity contribution is 5.77. The van der Waals surface area contributed by atoms with Crippen LogP contribution >= 0.6 is 0 Å². The van der Waals surface area contributed by atoms with Crippen molar-refractivity contribution >= 4 is 5.91 Å². The minimum Gasteiger partial charge on any atom is -0.508 e. The van der Waals surface area contributed by atoms with E-state index in [9.17, 15) is 4.79 Å². The molecule has 0 radical (unpaired) electrons. The van der Waals surface area contributed by atoms with Crippen LogP contribution in [0.4, 0.5) is 0 Å². The molecule has 0 saturated carbocycles. The van der Waals surface area contributed by atoms with E-state index < -0.39 is 0 Å². The molecular weight excluding hydrogens is 170 g/mol. The van der Waals surface area contributed by atoms with Crippen LogP contribution in [0.15, 0.2) is 24.2 Å². The summed E-state index contributed by atoms with van der Waals surface area (Å²) in [6.07, 6.45) is 6.33. The molecule has 72 valence electrons. The Hall–Kier alpha value is -1.45. The van der Waals surface area contributed by atoms with Gasteiger partial charge in [0, 0.05) is 19.0 Å². The fourth-order valence-corrected chi connectivity index (χ4v) is 0.940. The second-order valence-corrected chi connectivity index (χ2v) is 2.72. The van der Waals surface area contributed by atoms with Crippen LogP contribution in [0, 0.1) is 0 Å². The van der Waals surface area contributed by atoms with Crippen molar-refractivity contribution in [3.63, 3.8) is 0 Å². The van der Waals surface area contributed by atoms with Crippen molar-refractivity contribution in [2.75, 3.05) is 13.2 Å². The van der Waals surface area contributed by atoms with Crippen LogP contribution < -0.4 is 5.32 Å². The summed E-state index contributed by atoms with van der Waals surface area (Å²) in [5, 5.41) is 11.3. The van der Waals surface area contributed by atoms with Gasteiger partial charge in [-0.05, 0) is 12.5 Å². The number of nitrogens with one attached hydrogen (secondary N) is 1. The highest BCUT2D eigenvalue weighted by Gasteiger charge is 2.05. The van der Waals surface area contributed by atoms with E-state index in [0.29, 0.717) is 6.61 Å². The maximum atomic E-state index is 10.1. The smallest absolute Gasteiger partial charge is 0.220 e. The molecular formula is C9H13NO3. The highest BCUT2D eigenvalue weighted by atomic mass is 16.5. The van der Waals surface area contributed by atoms with Crippen molar-refractivity contribution in [1.29, 1.82) is 0 Å². The molecule has 0 bridgehead atoms. The summed E-state index contributed by atoms with van der Waals surface area (Å²) in [6, 6.07) is 0. The van der Waals surface area contributed by atoms with Crippen LogP contribution in [0.1, 0.15) is 12.8 Å². The van der Waals surface area contributed by atoms with Crippen LogP contribution in [-0.2, 0) is 9.53 Å². The second-order valence-electron chi connectivity index (χ2n) is 2.72. The molecule has 2 heterocycles. The monoisotopic (exact) mass is 183 g/mol. The molecule has 0 atom stereocenters. The fraction of sp³-hybridized carbons (Fsp3) is 0.444. The van der Waals surface area contributed by atoms with E-state index in [4.69, 9.17) is 9.84 Å². The van der Waals surface area contributed by atoms with Gasteiger partial charge in [-0.1, -0.05) is 0 Å². The van der Waals surface area contributed by atoms with Crippen molar-refractivity contribution in [2.45, 2.75) is 12.8 Å². The van der Waals surface area contributed by atoms with E-state index in [-0.39, 0.29) is 11.7 Å². The Labute approximate surface area is 76.9 Å². The Kier molecular flexibility index (Phi) is 3.88. The predicted molar refractivity (Wildman–Crippen MR) is 48.0 cm³/mol. The Bertz CT molecular complexity index is 225.